The average Bonchev–Trinajstić information content (AvgIpc) is 3.30. The average molecular weight is 380 g/mol. The Morgan fingerprint density at radius 2 is 1.82 bits per heavy atom. The smallest absolute Gasteiger partial charge is 0.240 e. The van der Waals surface area contributed by atoms with Gasteiger partial charge in [-0.1, -0.05) is 6.07 Å². The second-order valence-corrected chi connectivity index (χ2v) is 6.90. The number of carbonyl (C=O) groups is 1. The number of benzene rings is 2. The Balaban J connectivity index is 1.52. The van der Waals surface area contributed by atoms with E-state index in [1.807, 2.05) is 47.2 Å². The van der Waals surface area contributed by atoms with Crippen LogP contribution in [0, 0.1) is 0 Å². The third-order valence-corrected chi connectivity index (χ3v) is 5.37. The summed E-state index contributed by atoms with van der Waals surface area (Å²) in [6.45, 7) is 0.260. The van der Waals surface area contributed by atoms with E-state index in [9.17, 15) is 4.79 Å². The molecule has 0 radical (unpaired) electrons. The van der Waals surface area contributed by atoms with Crippen LogP contribution in [-0.4, -0.2) is 31.8 Å². The maximum absolute atomic E-state index is 12.7. The minimum absolute atomic E-state index is 0.0151. The number of aryl methyl sites for hydroxylation is 1. The van der Waals surface area contributed by atoms with Crippen LogP contribution in [0.15, 0.2) is 42.6 Å². The first-order valence-electron chi connectivity index (χ1n) is 9.30. The number of hydrogen-bond acceptors (Lipinski definition) is 4. The Hall–Kier alpha value is -3.15. The van der Waals surface area contributed by atoms with Gasteiger partial charge in [0.1, 0.15) is 12.3 Å². The van der Waals surface area contributed by atoms with Crippen LogP contribution in [0.3, 0.4) is 0 Å². The zero-order chi connectivity index (χ0) is 19.7. The van der Waals surface area contributed by atoms with Crippen molar-refractivity contribution in [1.29, 1.82) is 0 Å². The summed E-state index contributed by atoms with van der Waals surface area (Å²) in [6, 6.07) is 11.8. The molecule has 6 heteroatoms. The van der Waals surface area contributed by atoms with Gasteiger partial charge in [0, 0.05) is 11.6 Å². The van der Waals surface area contributed by atoms with E-state index in [1.54, 1.807) is 21.3 Å². The number of aromatic nitrogens is 1. The van der Waals surface area contributed by atoms with Gasteiger partial charge in [-0.05, 0) is 54.3 Å². The summed E-state index contributed by atoms with van der Waals surface area (Å²) in [5.41, 5.74) is 3.27. The summed E-state index contributed by atoms with van der Waals surface area (Å²) in [7, 11) is 4.91. The normalized spacial score (nSPS) is 15.3. The highest BCUT2D eigenvalue weighted by atomic mass is 16.5. The highest BCUT2D eigenvalue weighted by Crippen LogP contribution is 2.39. The van der Waals surface area contributed by atoms with Gasteiger partial charge in [-0.3, -0.25) is 4.79 Å². The van der Waals surface area contributed by atoms with Crippen molar-refractivity contribution in [2.75, 3.05) is 21.3 Å². The van der Waals surface area contributed by atoms with Crippen LogP contribution in [0.5, 0.6) is 17.2 Å². The van der Waals surface area contributed by atoms with Gasteiger partial charge in [-0.25, -0.2) is 0 Å². The lowest BCUT2D eigenvalue weighted by atomic mass is 10.1. The summed E-state index contributed by atoms with van der Waals surface area (Å²) in [4.78, 5) is 12.7. The zero-order valence-electron chi connectivity index (χ0n) is 16.3. The molecule has 1 atom stereocenters. The number of nitrogens with zero attached hydrogens (tertiary/aromatic N) is 1. The summed E-state index contributed by atoms with van der Waals surface area (Å²) in [5.74, 6) is 2.20. The van der Waals surface area contributed by atoms with Crippen LogP contribution in [-0.2, 0) is 17.8 Å². The summed E-state index contributed by atoms with van der Waals surface area (Å²) < 4.78 is 18.1. The number of nitrogens with one attached hydrogen (secondary N) is 1. The number of fused-ring (bicyclic) bond motifs is 2. The van der Waals surface area contributed by atoms with E-state index in [1.165, 1.54) is 5.56 Å². The molecule has 0 saturated heterocycles. The van der Waals surface area contributed by atoms with Gasteiger partial charge in [0.05, 0.1) is 32.9 Å². The molecule has 1 aromatic heterocycles. The lowest BCUT2D eigenvalue weighted by Crippen LogP contribution is -2.30. The van der Waals surface area contributed by atoms with Crippen molar-refractivity contribution in [2.45, 2.75) is 25.4 Å². The number of methoxy groups -OCH3 is 3. The van der Waals surface area contributed by atoms with Crippen LogP contribution >= 0.6 is 0 Å². The number of hydrogen-bond donors (Lipinski definition) is 1. The quantitative estimate of drug-likeness (QED) is 0.711. The van der Waals surface area contributed by atoms with Crippen molar-refractivity contribution in [2.24, 2.45) is 0 Å². The van der Waals surface area contributed by atoms with E-state index < -0.39 is 0 Å². The molecule has 1 aliphatic rings. The first-order chi connectivity index (χ1) is 13.6. The minimum Gasteiger partial charge on any atom is -0.496 e. The van der Waals surface area contributed by atoms with E-state index in [0.29, 0.717) is 5.75 Å². The molecule has 1 N–H and O–H groups in total. The SMILES string of the molecule is COc1cc2c(cc1OC)[C@H](NC(=O)Cn1ccc3c(OC)cccc31)CC2. The van der Waals surface area contributed by atoms with Gasteiger partial charge >= 0.3 is 0 Å². The lowest BCUT2D eigenvalue weighted by molar-refractivity contribution is -0.122. The second kappa shape index (κ2) is 7.46. The summed E-state index contributed by atoms with van der Waals surface area (Å²) in [6.07, 6.45) is 3.70. The number of amides is 1. The molecule has 6 nitrogen and oxygen atoms in total. The van der Waals surface area contributed by atoms with Crippen molar-refractivity contribution < 1.29 is 19.0 Å². The Kier molecular flexibility index (Phi) is 4.86. The Labute approximate surface area is 164 Å². The molecule has 0 fully saturated rings. The molecule has 4 rings (SSSR count). The van der Waals surface area contributed by atoms with Crippen molar-refractivity contribution >= 4 is 16.8 Å². The van der Waals surface area contributed by atoms with Crippen LogP contribution in [0.2, 0.25) is 0 Å². The van der Waals surface area contributed by atoms with Gasteiger partial charge in [0.15, 0.2) is 11.5 Å². The van der Waals surface area contributed by atoms with Gasteiger partial charge in [0.25, 0.3) is 0 Å². The second-order valence-electron chi connectivity index (χ2n) is 6.90. The van der Waals surface area contributed by atoms with Crippen molar-refractivity contribution in [1.82, 2.24) is 9.88 Å². The van der Waals surface area contributed by atoms with Gasteiger partial charge in [-0.15, -0.1) is 0 Å². The molecule has 0 spiro atoms. The van der Waals surface area contributed by atoms with Crippen LogP contribution in [0.25, 0.3) is 10.9 Å². The number of rotatable bonds is 6. The molecule has 0 aliphatic heterocycles. The topological polar surface area (TPSA) is 61.7 Å². The molecule has 0 unspecified atom stereocenters. The third-order valence-electron chi connectivity index (χ3n) is 5.37. The standard InChI is InChI=1S/C22H24N2O4/c1-26-19-6-4-5-18-15(19)9-10-24(18)13-22(25)23-17-8-7-14-11-20(27-2)21(28-3)12-16(14)17/h4-6,9-12,17H,7-8,13H2,1-3H3,(H,23,25)/t17-/m1/s1. The molecule has 0 bridgehead atoms. The van der Waals surface area contributed by atoms with E-state index in [-0.39, 0.29) is 18.5 Å². The molecular formula is C22H24N2O4. The fourth-order valence-electron chi connectivity index (χ4n) is 3.99. The zero-order valence-corrected chi connectivity index (χ0v) is 16.3. The van der Waals surface area contributed by atoms with Crippen LogP contribution < -0.4 is 19.5 Å². The molecule has 28 heavy (non-hydrogen) atoms. The summed E-state index contributed by atoms with van der Waals surface area (Å²) in [5, 5.41) is 4.17. The third kappa shape index (κ3) is 3.15. The van der Waals surface area contributed by atoms with Crippen LogP contribution in [0.1, 0.15) is 23.6 Å². The predicted octanol–water partition coefficient (Wildman–Crippen LogP) is 3.47. The predicted molar refractivity (Wildman–Crippen MR) is 107 cm³/mol. The Morgan fingerprint density at radius 1 is 1.07 bits per heavy atom. The Bertz CT molecular complexity index is 1020. The van der Waals surface area contributed by atoms with Crippen LogP contribution in [0.4, 0.5) is 0 Å². The molecular weight excluding hydrogens is 356 g/mol. The Morgan fingerprint density at radius 3 is 2.57 bits per heavy atom. The first kappa shape index (κ1) is 18.2. The number of carbonyl (C=O) groups excluding carboxylic acids is 1. The monoisotopic (exact) mass is 380 g/mol. The molecule has 2 aromatic carbocycles. The first-order valence-corrected chi connectivity index (χ1v) is 9.30. The molecule has 0 saturated carbocycles. The number of ether oxygens (including phenoxy) is 3. The van der Waals surface area contributed by atoms with E-state index in [4.69, 9.17) is 14.2 Å². The largest absolute Gasteiger partial charge is 0.496 e. The highest BCUT2D eigenvalue weighted by molar-refractivity contribution is 5.88. The lowest BCUT2D eigenvalue weighted by Gasteiger charge is -2.17. The van der Waals surface area contributed by atoms with E-state index in [0.717, 1.165) is 40.8 Å². The van der Waals surface area contributed by atoms with Crippen molar-refractivity contribution in [3.8, 4) is 17.2 Å². The van der Waals surface area contributed by atoms with E-state index in [2.05, 4.69) is 5.32 Å². The maximum atomic E-state index is 12.7. The molecule has 1 heterocycles. The molecule has 3 aromatic rings. The van der Waals surface area contributed by atoms with Gasteiger partial charge < -0.3 is 24.1 Å². The highest BCUT2D eigenvalue weighted by Gasteiger charge is 2.26. The fourth-order valence-corrected chi connectivity index (χ4v) is 3.99. The minimum atomic E-state index is -0.0204. The summed E-state index contributed by atoms with van der Waals surface area (Å²) >= 11 is 0. The van der Waals surface area contributed by atoms with Crippen molar-refractivity contribution in [3.05, 3.63) is 53.7 Å². The van der Waals surface area contributed by atoms with Crippen molar-refractivity contribution in [3.63, 3.8) is 0 Å². The maximum Gasteiger partial charge on any atom is 0.240 e. The molecule has 1 amide bonds. The van der Waals surface area contributed by atoms with Gasteiger partial charge in [0.2, 0.25) is 5.91 Å². The molecule has 146 valence electrons. The van der Waals surface area contributed by atoms with E-state index >= 15 is 0 Å². The molecule has 1 aliphatic carbocycles. The van der Waals surface area contributed by atoms with Gasteiger partial charge in [-0.2, -0.15) is 0 Å². The fraction of sp³-hybridized carbons (Fsp3) is 0.318.